The van der Waals surface area contributed by atoms with Crippen LogP contribution in [0.3, 0.4) is 0 Å². The average Bonchev–Trinajstić information content (AvgIpc) is 2.65. The quantitative estimate of drug-likeness (QED) is 0.684. The Morgan fingerprint density at radius 1 is 1.36 bits per heavy atom. The van der Waals surface area contributed by atoms with E-state index in [4.69, 9.17) is 10.3 Å². The monoisotopic (exact) mass is 191 g/mol. The van der Waals surface area contributed by atoms with E-state index in [2.05, 4.69) is 10.1 Å². The highest BCUT2D eigenvalue weighted by Crippen LogP contribution is 2.16. The summed E-state index contributed by atoms with van der Waals surface area (Å²) in [6.45, 7) is -0.103. The molecule has 0 amide bonds. The first kappa shape index (κ1) is 8.71. The number of hydrogen-bond donors (Lipinski definition) is 2. The number of hydrogen-bond acceptors (Lipinski definition) is 4. The van der Waals surface area contributed by atoms with Gasteiger partial charge < -0.3 is 10.3 Å². The lowest BCUT2D eigenvalue weighted by molar-refractivity contribution is 0.149. The van der Waals surface area contributed by atoms with E-state index < -0.39 is 0 Å². The minimum atomic E-state index is -0.103. The van der Waals surface area contributed by atoms with Gasteiger partial charge in [0.05, 0.1) is 24.2 Å². The number of pyridine rings is 1. The maximum atomic E-state index is 8.98. The molecule has 2 aromatic heterocycles. The summed E-state index contributed by atoms with van der Waals surface area (Å²) < 4.78 is 0. The van der Waals surface area contributed by atoms with Crippen LogP contribution in [0.25, 0.3) is 11.3 Å². The molecule has 0 aromatic carbocycles. The van der Waals surface area contributed by atoms with Crippen LogP contribution in [0.1, 0.15) is 5.69 Å². The largest absolute Gasteiger partial charge is 0.412 e. The highest BCUT2D eigenvalue weighted by Gasteiger charge is 2.02. The van der Waals surface area contributed by atoms with Crippen LogP contribution >= 0.6 is 0 Å². The van der Waals surface area contributed by atoms with E-state index >= 15 is 0 Å². The fourth-order valence-corrected chi connectivity index (χ4v) is 1.19. The van der Waals surface area contributed by atoms with E-state index in [1.807, 2.05) is 0 Å². The highest BCUT2D eigenvalue weighted by atomic mass is 16.5. The predicted octanol–water partition coefficient (Wildman–Crippen LogP) is 0.675. The van der Waals surface area contributed by atoms with E-state index in [1.165, 1.54) is 6.20 Å². The van der Waals surface area contributed by atoms with Crippen LogP contribution in [0.15, 0.2) is 30.6 Å². The molecule has 0 radical (unpaired) electrons. The molecule has 0 unspecified atom stereocenters. The smallest absolute Gasteiger partial charge is 0.0960 e. The Balaban J connectivity index is 2.41. The molecule has 0 aliphatic rings. The molecule has 0 fully saturated rings. The summed E-state index contributed by atoms with van der Waals surface area (Å²) in [6, 6.07) is 5.17. The van der Waals surface area contributed by atoms with Gasteiger partial charge in [0.25, 0.3) is 0 Å². The van der Waals surface area contributed by atoms with Crippen LogP contribution in [0.5, 0.6) is 0 Å². The van der Waals surface area contributed by atoms with E-state index in [0.717, 1.165) is 10.4 Å². The van der Waals surface area contributed by atoms with Crippen LogP contribution < -0.4 is 0 Å². The van der Waals surface area contributed by atoms with Crippen molar-refractivity contribution in [3.8, 4) is 11.3 Å². The van der Waals surface area contributed by atoms with Gasteiger partial charge in [-0.25, -0.2) is 0 Å². The van der Waals surface area contributed by atoms with Gasteiger partial charge in [0.2, 0.25) is 0 Å². The lowest BCUT2D eigenvalue weighted by Gasteiger charge is -1.98. The molecular weight excluding hydrogens is 182 g/mol. The Labute approximate surface area is 80.2 Å². The van der Waals surface area contributed by atoms with Crippen molar-refractivity contribution in [1.82, 2.24) is 14.9 Å². The minimum absolute atomic E-state index is 0.103. The first-order valence-corrected chi connectivity index (χ1v) is 4.10. The molecule has 2 heterocycles. The van der Waals surface area contributed by atoms with Crippen molar-refractivity contribution in [2.45, 2.75) is 6.61 Å². The van der Waals surface area contributed by atoms with Gasteiger partial charge in [0.15, 0.2) is 0 Å². The molecule has 2 rings (SSSR count). The first-order valence-electron chi connectivity index (χ1n) is 4.10. The maximum absolute atomic E-state index is 8.98. The van der Waals surface area contributed by atoms with Gasteiger partial charge in [0.1, 0.15) is 0 Å². The number of rotatable bonds is 2. The van der Waals surface area contributed by atoms with Crippen LogP contribution in [0.2, 0.25) is 0 Å². The summed E-state index contributed by atoms with van der Waals surface area (Å²) in [7, 11) is 0. The topological polar surface area (TPSA) is 71.2 Å². The van der Waals surface area contributed by atoms with Gasteiger partial charge in [-0.3, -0.25) is 4.98 Å². The van der Waals surface area contributed by atoms with E-state index in [9.17, 15) is 0 Å². The molecule has 2 N–H and O–H groups in total. The summed E-state index contributed by atoms with van der Waals surface area (Å²) in [4.78, 5) is 4.69. The summed E-state index contributed by atoms with van der Waals surface area (Å²) in [5, 5.41) is 21.7. The van der Waals surface area contributed by atoms with Gasteiger partial charge in [-0.2, -0.15) is 0 Å². The summed E-state index contributed by atoms with van der Waals surface area (Å²) >= 11 is 0. The normalized spacial score (nSPS) is 10.4. The molecule has 5 nitrogen and oxygen atoms in total. The van der Waals surface area contributed by atoms with Gasteiger partial charge in [0, 0.05) is 11.8 Å². The predicted molar refractivity (Wildman–Crippen MR) is 48.6 cm³/mol. The van der Waals surface area contributed by atoms with Crippen molar-refractivity contribution in [2.24, 2.45) is 0 Å². The Morgan fingerprint density at radius 2 is 2.21 bits per heavy atom. The summed E-state index contributed by atoms with van der Waals surface area (Å²) in [6.07, 6.45) is 3.03. The molecule has 0 saturated heterocycles. The van der Waals surface area contributed by atoms with E-state index in [1.54, 1.807) is 24.4 Å². The van der Waals surface area contributed by atoms with Crippen molar-refractivity contribution in [3.05, 3.63) is 36.3 Å². The van der Waals surface area contributed by atoms with Crippen molar-refractivity contribution in [3.63, 3.8) is 0 Å². The number of nitrogens with zero attached hydrogens (tertiary/aromatic N) is 3. The number of aromatic nitrogens is 3. The lowest BCUT2D eigenvalue weighted by Crippen LogP contribution is -1.92. The molecule has 2 aromatic rings. The Hall–Kier alpha value is -1.88. The fourth-order valence-electron chi connectivity index (χ4n) is 1.19. The zero-order chi connectivity index (χ0) is 9.97. The molecule has 0 saturated carbocycles. The molecule has 72 valence electrons. The fraction of sp³-hybridized carbons (Fsp3) is 0.111. The number of aliphatic hydroxyl groups excluding tert-OH is 1. The van der Waals surface area contributed by atoms with Gasteiger partial charge in [-0.05, 0) is 18.2 Å². The minimum Gasteiger partial charge on any atom is -0.412 e. The molecule has 0 atom stereocenters. The molecule has 5 heteroatoms. The third-order valence-corrected chi connectivity index (χ3v) is 1.85. The van der Waals surface area contributed by atoms with Crippen molar-refractivity contribution in [1.29, 1.82) is 0 Å². The van der Waals surface area contributed by atoms with E-state index in [0.29, 0.717) is 11.4 Å². The second kappa shape index (κ2) is 3.47. The Kier molecular flexibility index (Phi) is 2.16. The zero-order valence-corrected chi connectivity index (χ0v) is 7.33. The SMILES string of the molecule is OCc1cc(-c2ccn(O)n2)ccn1. The second-order valence-electron chi connectivity index (χ2n) is 2.82. The van der Waals surface area contributed by atoms with Crippen molar-refractivity contribution in [2.75, 3.05) is 0 Å². The lowest BCUT2D eigenvalue weighted by atomic mass is 10.2. The van der Waals surface area contributed by atoms with Gasteiger partial charge in [-0.15, -0.1) is 9.94 Å². The summed E-state index contributed by atoms with van der Waals surface area (Å²) in [5.74, 6) is 0. The van der Waals surface area contributed by atoms with Crippen LogP contribution in [-0.4, -0.2) is 25.2 Å². The molecule has 0 bridgehead atoms. The molecule has 14 heavy (non-hydrogen) atoms. The standard InChI is InChI=1S/C9H9N3O2/c13-6-8-5-7(1-3-10-8)9-2-4-12(14)11-9/h1-5,13-14H,6H2. The van der Waals surface area contributed by atoms with E-state index in [-0.39, 0.29) is 6.61 Å². The average molecular weight is 191 g/mol. The second-order valence-corrected chi connectivity index (χ2v) is 2.82. The number of aliphatic hydroxyl groups is 1. The zero-order valence-electron chi connectivity index (χ0n) is 7.33. The third kappa shape index (κ3) is 1.57. The van der Waals surface area contributed by atoms with Gasteiger partial charge >= 0.3 is 0 Å². The Bertz CT molecular complexity index is 439. The third-order valence-electron chi connectivity index (χ3n) is 1.85. The molecule has 0 spiro atoms. The molecule has 0 aliphatic carbocycles. The van der Waals surface area contributed by atoms with Crippen molar-refractivity contribution < 1.29 is 10.3 Å². The summed E-state index contributed by atoms with van der Waals surface area (Å²) in [5.41, 5.74) is 2.04. The van der Waals surface area contributed by atoms with Gasteiger partial charge in [-0.1, -0.05) is 0 Å². The Morgan fingerprint density at radius 3 is 2.86 bits per heavy atom. The van der Waals surface area contributed by atoms with Crippen LogP contribution in [-0.2, 0) is 6.61 Å². The van der Waals surface area contributed by atoms with Crippen LogP contribution in [0.4, 0.5) is 0 Å². The highest BCUT2D eigenvalue weighted by molar-refractivity contribution is 5.58. The maximum Gasteiger partial charge on any atom is 0.0960 e. The molecule has 0 aliphatic heterocycles. The first-order chi connectivity index (χ1) is 6.79. The molecular formula is C9H9N3O2. The van der Waals surface area contributed by atoms with Crippen LogP contribution in [0, 0.1) is 0 Å². The van der Waals surface area contributed by atoms with Crippen molar-refractivity contribution >= 4 is 0 Å².